The van der Waals surface area contributed by atoms with Crippen LogP contribution in [0.2, 0.25) is 0 Å². The van der Waals surface area contributed by atoms with Crippen LogP contribution < -0.4 is 0 Å². The summed E-state index contributed by atoms with van der Waals surface area (Å²) in [6.07, 6.45) is 1.73. The van der Waals surface area contributed by atoms with Gasteiger partial charge in [0.2, 0.25) is 0 Å². The van der Waals surface area contributed by atoms with E-state index in [4.69, 9.17) is 18.6 Å². The monoisotopic (exact) mass is 357 g/mol. The van der Waals surface area contributed by atoms with E-state index in [1.807, 2.05) is 51.1 Å². The number of phenolic OH excluding ortho intramolecular Hbond substituents is 1. The van der Waals surface area contributed by atoms with Crippen LogP contribution in [0.5, 0.6) is 5.75 Å². The van der Waals surface area contributed by atoms with E-state index >= 15 is 0 Å². The van der Waals surface area contributed by atoms with Gasteiger partial charge in [0, 0.05) is 11.8 Å². The Bertz CT molecular complexity index is 615. The summed E-state index contributed by atoms with van der Waals surface area (Å²) in [5.41, 5.74) is 4.73. The standard InChI is InChI=1S/C16H17NO.2ClH.Ti/c1-11-9-12(2)15(16(18)13(11)3)10-17-14-7-5-4-6-8-14;;;/h4-10,18H,1-3H3;2*1H;/q;;;+2/p-2. The summed E-state index contributed by atoms with van der Waals surface area (Å²) in [7, 11) is 9.78. The molecule has 2 aromatic rings. The van der Waals surface area contributed by atoms with E-state index in [-0.39, 0.29) is 0 Å². The van der Waals surface area contributed by atoms with Gasteiger partial charge in [0.1, 0.15) is 5.75 Å². The fourth-order valence-electron chi connectivity index (χ4n) is 1.90. The van der Waals surface area contributed by atoms with Gasteiger partial charge in [-0.05, 0) is 49.6 Å². The Labute approximate surface area is 142 Å². The van der Waals surface area contributed by atoms with E-state index in [0.717, 1.165) is 27.9 Å². The van der Waals surface area contributed by atoms with Crippen molar-refractivity contribution in [1.82, 2.24) is 0 Å². The number of nitrogens with zero attached hydrogens (tertiary/aromatic N) is 1. The third kappa shape index (κ3) is 5.48. The van der Waals surface area contributed by atoms with Crippen LogP contribution >= 0.6 is 18.6 Å². The second-order valence-electron chi connectivity index (χ2n) is 4.56. The average molecular weight is 358 g/mol. The molecule has 0 saturated carbocycles. The average Bonchev–Trinajstić information content (AvgIpc) is 2.47. The Hall–Kier alpha value is -0.796. The summed E-state index contributed by atoms with van der Waals surface area (Å²) in [6.45, 7) is 5.91. The molecule has 0 aliphatic heterocycles. The van der Waals surface area contributed by atoms with Crippen LogP contribution in [0.3, 0.4) is 0 Å². The third-order valence-electron chi connectivity index (χ3n) is 3.16. The normalized spacial score (nSPS) is 10.1. The van der Waals surface area contributed by atoms with Gasteiger partial charge in [-0.2, -0.15) is 0 Å². The number of aromatic hydroxyl groups is 1. The predicted octanol–water partition coefficient (Wildman–Crippen LogP) is 5.44. The molecule has 0 spiro atoms. The van der Waals surface area contributed by atoms with Crippen LogP contribution in [0, 0.1) is 20.8 Å². The Morgan fingerprint density at radius 1 is 1.05 bits per heavy atom. The van der Waals surface area contributed by atoms with Gasteiger partial charge in [0.25, 0.3) is 0 Å². The third-order valence-corrected chi connectivity index (χ3v) is 3.16. The molecule has 0 aliphatic carbocycles. The van der Waals surface area contributed by atoms with E-state index < -0.39 is 17.0 Å². The number of aliphatic imine (C=N–C) groups is 1. The number of halogens is 2. The molecule has 0 radical (unpaired) electrons. The van der Waals surface area contributed by atoms with Crippen LogP contribution in [0.15, 0.2) is 41.4 Å². The van der Waals surface area contributed by atoms with E-state index in [9.17, 15) is 5.11 Å². The molecule has 0 amide bonds. The molecule has 0 fully saturated rings. The van der Waals surface area contributed by atoms with Gasteiger partial charge in [-0.25, -0.2) is 0 Å². The van der Waals surface area contributed by atoms with Gasteiger partial charge in [-0.1, -0.05) is 24.3 Å². The van der Waals surface area contributed by atoms with Crippen molar-refractivity contribution in [1.29, 1.82) is 0 Å². The minimum absolute atomic E-state index is 0.326. The molecule has 0 unspecified atom stereocenters. The maximum atomic E-state index is 10.1. The zero-order valence-electron chi connectivity index (χ0n) is 12.2. The molecule has 2 rings (SSSR count). The van der Waals surface area contributed by atoms with Gasteiger partial charge in [-0.3, -0.25) is 4.99 Å². The van der Waals surface area contributed by atoms with E-state index in [2.05, 4.69) is 11.1 Å². The topological polar surface area (TPSA) is 32.6 Å². The summed E-state index contributed by atoms with van der Waals surface area (Å²) in [6, 6.07) is 11.8. The first-order chi connectivity index (χ1) is 10.0. The van der Waals surface area contributed by atoms with Crippen LogP contribution in [-0.4, -0.2) is 11.3 Å². The van der Waals surface area contributed by atoms with Crippen molar-refractivity contribution < 1.29 is 22.1 Å². The van der Waals surface area contributed by atoms with Crippen molar-refractivity contribution in [2.75, 3.05) is 0 Å². The summed E-state index contributed by atoms with van der Waals surface area (Å²) in [5, 5.41) is 10.1. The van der Waals surface area contributed by atoms with Crippen LogP contribution in [0.4, 0.5) is 5.69 Å². The summed E-state index contributed by atoms with van der Waals surface area (Å²) >= 11 is -0.556. The number of hydrogen-bond acceptors (Lipinski definition) is 2. The molecule has 0 saturated heterocycles. The summed E-state index contributed by atoms with van der Waals surface area (Å²) < 4.78 is 0. The quantitative estimate of drug-likeness (QED) is 0.562. The number of aryl methyl sites for hydroxylation is 2. The molecule has 0 aliphatic rings. The van der Waals surface area contributed by atoms with Gasteiger partial charge in [-0.15, -0.1) is 0 Å². The second kappa shape index (κ2) is 9.27. The van der Waals surface area contributed by atoms with Crippen molar-refractivity contribution in [3.63, 3.8) is 0 Å². The molecule has 0 aromatic heterocycles. The number of hydrogen-bond donors (Lipinski definition) is 1. The molecule has 5 heteroatoms. The fraction of sp³-hybridized carbons (Fsp3) is 0.188. The van der Waals surface area contributed by atoms with Crippen LogP contribution in [0.1, 0.15) is 22.3 Å². The number of phenols is 1. The first-order valence-corrected chi connectivity index (χ1v) is 10.7. The molecule has 21 heavy (non-hydrogen) atoms. The van der Waals surface area contributed by atoms with E-state index in [1.54, 1.807) is 6.21 Å². The van der Waals surface area contributed by atoms with Crippen molar-refractivity contribution in [3.8, 4) is 5.75 Å². The van der Waals surface area contributed by atoms with Crippen molar-refractivity contribution in [2.24, 2.45) is 4.99 Å². The Balaban J connectivity index is 0.000000677. The van der Waals surface area contributed by atoms with Crippen LogP contribution in [-0.2, 0) is 17.0 Å². The van der Waals surface area contributed by atoms with Gasteiger partial charge < -0.3 is 5.11 Å². The first-order valence-electron chi connectivity index (χ1n) is 6.36. The predicted molar refractivity (Wildman–Crippen MR) is 87.7 cm³/mol. The number of rotatable bonds is 2. The Morgan fingerprint density at radius 2 is 1.62 bits per heavy atom. The number of benzene rings is 2. The molecule has 2 aromatic carbocycles. The molecule has 2 nitrogen and oxygen atoms in total. The van der Waals surface area contributed by atoms with Crippen LogP contribution in [0.25, 0.3) is 0 Å². The Morgan fingerprint density at radius 3 is 2.19 bits per heavy atom. The SMILES string of the molecule is Cc1cc(C)c(C=Nc2ccccc2)c(O)c1C.[Cl][Ti][Cl]. The van der Waals surface area contributed by atoms with Gasteiger partial charge in [0.05, 0.1) is 5.69 Å². The van der Waals surface area contributed by atoms with E-state index in [1.165, 1.54) is 0 Å². The van der Waals surface area contributed by atoms with Crippen molar-refractivity contribution in [2.45, 2.75) is 20.8 Å². The first kappa shape index (κ1) is 18.3. The molecular formula is C16H17Cl2NOTi. The zero-order chi connectivity index (χ0) is 15.8. The van der Waals surface area contributed by atoms with Gasteiger partial charge in [0.15, 0.2) is 0 Å². The second-order valence-corrected chi connectivity index (χ2v) is 7.14. The van der Waals surface area contributed by atoms with Crippen molar-refractivity contribution >= 4 is 30.5 Å². The molecule has 0 bridgehead atoms. The molecule has 0 atom stereocenters. The molecule has 110 valence electrons. The van der Waals surface area contributed by atoms with Crippen molar-refractivity contribution in [3.05, 3.63) is 58.7 Å². The zero-order valence-corrected chi connectivity index (χ0v) is 15.3. The minimum atomic E-state index is -0.556. The fourth-order valence-corrected chi connectivity index (χ4v) is 1.90. The molecular weight excluding hydrogens is 341 g/mol. The molecule has 1 N–H and O–H groups in total. The summed E-state index contributed by atoms with van der Waals surface area (Å²) in [4.78, 5) is 4.38. The molecule has 0 heterocycles. The maximum absolute atomic E-state index is 10.1. The van der Waals surface area contributed by atoms with Gasteiger partial charge >= 0.3 is 35.6 Å². The van der Waals surface area contributed by atoms with E-state index in [0.29, 0.717) is 5.75 Å². The summed E-state index contributed by atoms with van der Waals surface area (Å²) in [5.74, 6) is 0.326. The number of para-hydroxylation sites is 1. The Kier molecular flexibility index (Phi) is 8.06.